The van der Waals surface area contributed by atoms with E-state index in [9.17, 15) is 18.0 Å². The molecule has 0 atom stereocenters. The van der Waals surface area contributed by atoms with Crippen LogP contribution in [-0.2, 0) is 11.0 Å². The van der Waals surface area contributed by atoms with Crippen molar-refractivity contribution in [3.8, 4) is 0 Å². The monoisotopic (exact) mass is 340 g/mol. The maximum atomic E-state index is 12.6. The van der Waals surface area contributed by atoms with Gasteiger partial charge >= 0.3 is 6.18 Å². The maximum Gasteiger partial charge on any atom is 0.416 e. The first-order chi connectivity index (χ1) is 9.68. The van der Waals surface area contributed by atoms with Crippen molar-refractivity contribution in [3.05, 3.63) is 22.8 Å². The second-order valence-corrected chi connectivity index (χ2v) is 5.43. The third kappa shape index (κ3) is 6.67. The van der Waals surface area contributed by atoms with E-state index in [1.165, 1.54) is 6.34 Å². The highest BCUT2D eigenvalue weighted by molar-refractivity contribution is 7.99. The molecule has 1 aromatic rings. The first kappa shape index (κ1) is 17.6. The van der Waals surface area contributed by atoms with Gasteiger partial charge in [-0.05, 0) is 12.1 Å². The number of thioether (sulfide) groups is 1. The number of aromatic nitrogens is 1. The summed E-state index contributed by atoms with van der Waals surface area (Å²) >= 11 is 6.37. The fourth-order valence-electron chi connectivity index (χ4n) is 1.10. The summed E-state index contributed by atoms with van der Waals surface area (Å²) < 4.78 is 37.8. The highest BCUT2D eigenvalue weighted by Gasteiger charge is 2.31. The number of carbonyl (C=O) groups is 1. The van der Waals surface area contributed by atoms with Crippen molar-refractivity contribution < 1.29 is 18.0 Å². The van der Waals surface area contributed by atoms with Gasteiger partial charge in [-0.3, -0.25) is 4.79 Å². The molecule has 0 spiro atoms. The van der Waals surface area contributed by atoms with Crippen LogP contribution in [0.15, 0.2) is 22.3 Å². The van der Waals surface area contributed by atoms with Crippen LogP contribution in [0.2, 0.25) is 5.15 Å². The smallest absolute Gasteiger partial charge is 0.367 e. The van der Waals surface area contributed by atoms with E-state index in [1.54, 1.807) is 19.0 Å². The van der Waals surface area contributed by atoms with Gasteiger partial charge in [0.25, 0.3) is 5.91 Å². The number of pyridine rings is 1. The molecule has 0 bridgehead atoms. The van der Waals surface area contributed by atoms with Crippen LogP contribution >= 0.6 is 23.4 Å². The lowest BCUT2D eigenvalue weighted by Gasteiger charge is -2.08. The highest BCUT2D eigenvalue weighted by Crippen LogP contribution is 2.32. The molecule has 0 radical (unpaired) electrons. The van der Waals surface area contributed by atoms with Crippen molar-refractivity contribution in [2.45, 2.75) is 11.2 Å². The van der Waals surface area contributed by atoms with Gasteiger partial charge in [-0.1, -0.05) is 23.4 Å². The van der Waals surface area contributed by atoms with Crippen LogP contribution in [0.3, 0.4) is 0 Å². The molecule has 116 valence electrons. The number of rotatable bonds is 5. The molecular weight excluding hydrogens is 329 g/mol. The summed E-state index contributed by atoms with van der Waals surface area (Å²) in [5.74, 6) is -0.594. The molecular formula is C11H12ClF3N4OS. The van der Waals surface area contributed by atoms with E-state index < -0.39 is 17.6 Å². The minimum absolute atomic E-state index is 0.0153. The third-order valence-electron chi connectivity index (χ3n) is 1.93. The lowest BCUT2D eigenvalue weighted by molar-refractivity contribution is -0.137. The standard InChI is InChI=1S/C11H12ClF3N4OS/c1-19(2)6-16-18-9(20)5-21-10-4-7(11(13,14)15)3-8(12)17-10/h3-4,6H,5H2,1-2H3,(H,18,20)/b16-6+. The minimum Gasteiger partial charge on any atom is -0.367 e. The summed E-state index contributed by atoms with van der Waals surface area (Å²) in [7, 11) is 3.44. The summed E-state index contributed by atoms with van der Waals surface area (Å²) in [4.78, 5) is 16.8. The van der Waals surface area contributed by atoms with Gasteiger partial charge in [-0.25, -0.2) is 10.4 Å². The second kappa shape index (κ2) is 7.51. The van der Waals surface area contributed by atoms with E-state index in [2.05, 4.69) is 15.5 Å². The molecule has 1 N–H and O–H groups in total. The van der Waals surface area contributed by atoms with Gasteiger partial charge in [0.05, 0.1) is 16.3 Å². The Morgan fingerprint density at radius 1 is 1.52 bits per heavy atom. The van der Waals surface area contributed by atoms with Crippen molar-refractivity contribution >= 4 is 35.6 Å². The van der Waals surface area contributed by atoms with Crippen molar-refractivity contribution in [2.24, 2.45) is 5.10 Å². The number of hydrogen-bond donors (Lipinski definition) is 1. The Labute approximate surface area is 128 Å². The fourth-order valence-corrected chi connectivity index (χ4v) is 2.07. The first-order valence-electron chi connectivity index (χ1n) is 5.54. The van der Waals surface area contributed by atoms with Crippen molar-refractivity contribution in [1.82, 2.24) is 15.3 Å². The van der Waals surface area contributed by atoms with Crippen molar-refractivity contribution in [3.63, 3.8) is 0 Å². The molecule has 1 heterocycles. The number of hydrogen-bond acceptors (Lipinski definition) is 4. The van der Waals surface area contributed by atoms with Crippen LogP contribution in [0.25, 0.3) is 0 Å². The number of hydrazone groups is 1. The molecule has 0 fully saturated rings. The molecule has 21 heavy (non-hydrogen) atoms. The van der Waals surface area contributed by atoms with Gasteiger partial charge in [-0.15, -0.1) is 0 Å². The summed E-state index contributed by atoms with van der Waals surface area (Å²) in [6.45, 7) is 0. The molecule has 5 nitrogen and oxygen atoms in total. The van der Waals surface area contributed by atoms with Gasteiger partial charge < -0.3 is 4.90 Å². The van der Waals surface area contributed by atoms with Crippen LogP contribution in [0.4, 0.5) is 13.2 Å². The van der Waals surface area contributed by atoms with Gasteiger partial charge in [-0.2, -0.15) is 18.3 Å². The van der Waals surface area contributed by atoms with Crippen LogP contribution in [-0.4, -0.2) is 42.0 Å². The van der Waals surface area contributed by atoms with E-state index in [0.717, 1.165) is 23.9 Å². The first-order valence-corrected chi connectivity index (χ1v) is 6.91. The van der Waals surface area contributed by atoms with E-state index in [-0.39, 0.29) is 15.9 Å². The molecule has 1 aromatic heterocycles. The molecule has 0 aromatic carbocycles. The summed E-state index contributed by atoms with van der Waals surface area (Å²) in [6, 6.07) is 1.57. The largest absolute Gasteiger partial charge is 0.416 e. The van der Waals surface area contributed by atoms with Gasteiger partial charge in [0, 0.05) is 14.1 Å². The van der Waals surface area contributed by atoms with Crippen molar-refractivity contribution in [2.75, 3.05) is 19.8 Å². The predicted octanol–water partition coefficient (Wildman–Crippen LogP) is 2.47. The predicted molar refractivity (Wildman–Crippen MR) is 75.3 cm³/mol. The van der Waals surface area contributed by atoms with E-state index in [0.29, 0.717) is 0 Å². The van der Waals surface area contributed by atoms with Crippen molar-refractivity contribution in [1.29, 1.82) is 0 Å². The Bertz CT molecular complexity index is 537. The highest BCUT2D eigenvalue weighted by atomic mass is 35.5. The fraction of sp³-hybridized carbons (Fsp3) is 0.364. The Morgan fingerprint density at radius 2 is 2.19 bits per heavy atom. The average Bonchev–Trinajstić information content (AvgIpc) is 2.34. The van der Waals surface area contributed by atoms with E-state index >= 15 is 0 Å². The van der Waals surface area contributed by atoms with Gasteiger partial charge in [0.2, 0.25) is 0 Å². The summed E-state index contributed by atoms with van der Waals surface area (Å²) in [6.07, 6.45) is -3.14. The quantitative estimate of drug-likeness (QED) is 0.294. The van der Waals surface area contributed by atoms with Crippen LogP contribution in [0.5, 0.6) is 0 Å². The molecule has 0 aliphatic carbocycles. The molecule has 0 aliphatic heterocycles. The number of alkyl halides is 3. The maximum absolute atomic E-state index is 12.6. The van der Waals surface area contributed by atoms with Crippen LogP contribution in [0.1, 0.15) is 5.56 Å². The number of carbonyl (C=O) groups excluding carboxylic acids is 1. The summed E-state index contributed by atoms with van der Waals surface area (Å²) in [5, 5.41) is 3.36. The average molecular weight is 341 g/mol. The van der Waals surface area contributed by atoms with Gasteiger partial charge in [0.1, 0.15) is 11.5 Å². The molecule has 10 heteroatoms. The normalized spacial score (nSPS) is 11.7. The zero-order chi connectivity index (χ0) is 16.0. The third-order valence-corrected chi connectivity index (χ3v) is 3.03. The number of amides is 1. The van der Waals surface area contributed by atoms with Gasteiger partial charge in [0.15, 0.2) is 0 Å². The van der Waals surface area contributed by atoms with E-state index in [4.69, 9.17) is 11.6 Å². The molecule has 0 aliphatic rings. The molecule has 0 saturated carbocycles. The SMILES string of the molecule is CN(C)/C=N/NC(=O)CSc1cc(C(F)(F)F)cc(Cl)n1. The van der Waals surface area contributed by atoms with E-state index in [1.807, 2.05) is 0 Å². The Hall–Kier alpha value is -1.48. The Kier molecular flexibility index (Phi) is 6.28. The number of nitrogens with zero attached hydrogens (tertiary/aromatic N) is 3. The second-order valence-electron chi connectivity index (χ2n) is 4.05. The Morgan fingerprint density at radius 3 is 2.76 bits per heavy atom. The molecule has 1 amide bonds. The minimum atomic E-state index is -4.51. The molecule has 0 saturated heterocycles. The topological polar surface area (TPSA) is 57.6 Å². The summed E-state index contributed by atoms with van der Waals surface area (Å²) in [5.41, 5.74) is 1.32. The zero-order valence-electron chi connectivity index (χ0n) is 11.1. The zero-order valence-corrected chi connectivity index (χ0v) is 12.7. The van der Waals surface area contributed by atoms with Crippen LogP contribution in [0, 0.1) is 0 Å². The number of halogens is 4. The lowest BCUT2D eigenvalue weighted by Crippen LogP contribution is -2.21. The lowest BCUT2D eigenvalue weighted by atomic mass is 10.3. The molecule has 1 rings (SSSR count). The Balaban J connectivity index is 2.63. The molecule has 0 unspecified atom stereocenters. The van der Waals surface area contributed by atoms with Crippen LogP contribution < -0.4 is 5.43 Å². The number of nitrogens with one attached hydrogen (secondary N) is 1.